The average Bonchev–Trinajstić information content (AvgIpc) is 1.87. The minimum absolute atomic E-state index is 0.762. The van der Waals surface area contributed by atoms with Gasteiger partial charge in [-0.2, -0.15) is 0 Å². The van der Waals surface area contributed by atoms with Gasteiger partial charge in [0.05, 0.1) is 0 Å². The normalized spacial score (nSPS) is 40.2. The van der Waals surface area contributed by atoms with E-state index in [0.29, 0.717) is 0 Å². The van der Waals surface area contributed by atoms with Gasteiger partial charge in [0, 0.05) is 0 Å². The fourth-order valence-corrected chi connectivity index (χ4v) is 0.715. The Bertz CT molecular complexity index is 57.1. The largest absolute Gasteiger partial charge is 0.316 e. The molecule has 1 N–H and O–H groups in total. The summed E-state index contributed by atoms with van der Waals surface area (Å²) in [5.41, 5.74) is 0. The number of rotatable bonds is 0. The summed E-state index contributed by atoms with van der Waals surface area (Å²) in [5.74, 6) is 0.762. The molecule has 0 radical (unpaired) electrons. The first-order chi connectivity index (χ1) is 3.29. The molecule has 1 heteroatoms. The van der Waals surface area contributed by atoms with Crippen molar-refractivity contribution in [3.63, 3.8) is 0 Å². The molecule has 1 atom stereocenters. The highest BCUT2D eigenvalue weighted by molar-refractivity contribution is 4.65. The molecular weight excluding hydrogens is 74.1 g/mol. The van der Waals surface area contributed by atoms with Crippen LogP contribution >= 0.6 is 0 Å². The highest BCUT2D eigenvalue weighted by Crippen LogP contribution is 2.03. The van der Waals surface area contributed by atoms with Crippen LogP contribution in [0.2, 0.25) is 1.41 Å². The predicted octanol–water partition coefficient (Wildman–Crippen LogP) is 0.616. The van der Waals surface area contributed by atoms with Crippen LogP contribution in [0.25, 0.3) is 0 Å². The summed E-state index contributed by atoms with van der Waals surface area (Å²) in [4.78, 5) is 0. The van der Waals surface area contributed by atoms with Crippen molar-refractivity contribution in [1.82, 2.24) is 5.31 Å². The Morgan fingerprint density at radius 2 is 2.83 bits per heavy atom. The van der Waals surface area contributed by atoms with Crippen molar-refractivity contribution < 1.29 is 1.41 Å². The van der Waals surface area contributed by atoms with Crippen LogP contribution in [-0.2, 0) is 0 Å². The number of nitrogens with one attached hydrogen (secondary N) is 1. The van der Waals surface area contributed by atoms with Crippen molar-refractivity contribution in [2.24, 2.45) is 5.92 Å². The van der Waals surface area contributed by atoms with E-state index in [1.165, 1.54) is 6.42 Å². The van der Waals surface area contributed by atoms with E-state index in [9.17, 15) is 0 Å². The monoisotopic (exact) mass is 86.1 g/mol. The minimum Gasteiger partial charge on any atom is -0.316 e. The van der Waals surface area contributed by atoms with E-state index in [2.05, 4.69) is 6.92 Å². The molecule has 1 saturated heterocycles. The molecule has 1 nitrogen and oxygen atoms in total. The standard InChI is InChI=1S/C5H11N/c1-5-2-3-6-4-5/h5-6H,2-4H2,1H3/t5-/m0/s1/i/hD. The molecule has 0 aromatic heterocycles. The molecule has 1 fully saturated rings. The summed E-state index contributed by atoms with van der Waals surface area (Å²) < 4.78 is 7.10. The Labute approximate surface area is 40.2 Å². The predicted molar refractivity (Wildman–Crippen MR) is 26.7 cm³/mol. The maximum atomic E-state index is 7.10. The maximum Gasteiger partial charge on any atom is 0.122 e. The number of hydrogen-bond acceptors (Lipinski definition) is 1. The van der Waals surface area contributed by atoms with Crippen molar-refractivity contribution in [1.29, 1.82) is 0 Å². The zero-order valence-electron chi connectivity index (χ0n) is 5.15. The van der Waals surface area contributed by atoms with Gasteiger partial charge in [0.25, 0.3) is 0 Å². The summed E-state index contributed by atoms with van der Waals surface area (Å²) in [6, 6.07) is 0. The summed E-state index contributed by atoms with van der Waals surface area (Å²) in [6.07, 6.45) is 1.21. The van der Waals surface area contributed by atoms with Crippen LogP contribution in [0.4, 0.5) is 0 Å². The zero-order valence-corrected chi connectivity index (χ0v) is 4.15. The van der Waals surface area contributed by atoms with Gasteiger partial charge in [-0.1, -0.05) is 6.92 Å². The molecular formula is C5H11N. The Morgan fingerprint density at radius 3 is 3.00 bits per heavy atom. The summed E-state index contributed by atoms with van der Waals surface area (Å²) in [7, 11) is 0. The van der Waals surface area contributed by atoms with Gasteiger partial charge in [0.2, 0.25) is 0 Å². The van der Waals surface area contributed by atoms with Crippen molar-refractivity contribution >= 4 is 0 Å². The third-order valence-corrected chi connectivity index (χ3v) is 1.22. The molecule has 0 aliphatic carbocycles. The topological polar surface area (TPSA) is 12.0 Å². The van der Waals surface area contributed by atoms with Crippen LogP contribution in [0.5, 0.6) is 0 Å². The van der Waals surface area contributed by atoms with E-state index >= 15 is 0 Å². The third-order valence-electron chi connectivity index (χ3n) is 1.22. The van der Waals surface area contributed by atoms with Crippen molar-refractivity contribution in [3.05, 3.63) is 0 Å². The van der Waals surface area contributed by atoms with Gasteiger partial charge in [-0.25, -0.2) is 0 Å². The van der Waals surface area contributed by atoms with E-state index in [4.69, 9.17) is 1.41 Å². The summed E-state index contributed by atoms with van der Waals surface area (Å²) in [5, 5.41) is 1.63. The molecule has 0 bridgehead atoms. The van der Waals surface area contributed by atoms with E-state index in [1.54, 1.807) is 5.31 Å². The molecule has 0 spiro atoms. The fraction of sp³-hybridized carbons (Fsp3) is 1.00. The molecule has 0 unspecified atom stereocenters. The van der Waals surface area contributed by atoms with Crippen LogP contribution in [0.3, 0.4) is 0 Å². The van der Waals surface area contributed by atoms with Gasteiger partial charge < -0.3 is 5.31 Å². The molecule has 1 heterocycles. The van der Waals surface area contributed by atoms with Crippen LogP contribution in [0, 0.1) is 5.92 Å². The molecule has 0 aromatic carbocycles. The average molecular weight is 86.2 g/mol. The van der Waals surface area contributed by atoms with Crippen LogP contribution in [-0.4, -0.2) is 13.1 Å². The third kappa shape index (κ3) is 0.716. The Balaban J connectivity index is 2.26. The summed E-state index contributed by atoms with van der Waals surface area (Å²) >= 11 is 0. The lowest BCUT2D eigenvalue weighted by Gasteiger charge is -1.90. The van der Waals surface area contributed by atoms with Crippen LogP contribution < -0.4 is 5.31 Å². The van der Waals surface area contributed by atoms with E-state index < -0.39 is 0 Å². The Morgan fingerprint density at radius 1 is 2.00 bits per heavy atom. The number of hydrogen-bond donors (Lipinski definition) is 1. The minimum atomic E-state index is 0.762. The molecule has 1 aliphatic rings. The highest BCUT2D eigenvalue weighted by Gasteiger charge is 2.06. The quantitative estimate of drug-likeness (QED) is 0.455. The molecule has 6 heavy (non-hydrogen) atoms. The second-order valence-corrected chi connectivity index (χ2v) is 2.02. The van der Waals surface area contributed by atoms with Gasteiger partial charge in [0.15, 0.2) is 0 Å². The summed E-state index contributed by atoms with van der Waals surface area (Å²) in [6.45, 7) is 4.13. The van der Waals surface area contributed by atoms with Gasteiger partial charge in [-0.3, -0.25) is 0 Å². The molecule has 1 rings (SSSR count). The SMILES string of the molecule is [2H]N1CC[C@H](C)C1. The van der Waals surface area contributed by atoms with Crippen molar-refractivity contribution in [2.75, 3.05) is 13.1 Å². The highest BCUT2D eigenvalue weighted by atomic mass is 14.9. The first kappa shape index (κ1) is 3.03. The first-order valence-corrected chi connectivity index (χ1v) is 2.53. The van der Waals surface area contributed by atoms with Gasteiger partial charge in [0.1, 0.15) is 1.41 Å². The van der Waals surface area contributed by atoms with Gasteiger partial charge in [-0.05, 0) is 25.4 Å². The molecule has 36 valence electrons. The lowest BCUT2D eigenvalue weighted by Crippen LogP contribution is -2.06. The lowest BCUT2D eigenvalue weighted by molar-refractivity contribution is 0.651. The Hall–Kier alpha value is -0.0400. The molecule has 0 amide bonds. The first-order valence-electron chi connectivity index (χ1n) is 2.97. The van der Waals surface area contributed by atoms with Gasteiger partial charge >= 0.3 is 0 Å². The van der Waals surface area contributed by atoms with E-state index in [0.717, 1.165) is 19.0 Å². The van der Waals surface area contributed by atoms with Crippen molar-refractivity contribution in [3.8, 4) is 0 Å². The zero-order chi connectivity index (χ0) is 5.28. The molecule has 1 aliphatic heterocycles. The van der Waals surface area contributed by atoms with Crippen LogP contribution in [0.15, 0.2) is 0 Å². The van der Waals surface area contributed by atoms with Crippen molar-refractivity contribution in [2.45, 2.75) is 13.3 Å². The van der Waals surface area contributed by atoms with E-state index in [1.807, 2.05) is 0 Å². The lowest BCUT2D eigenvalue weighted by atomic mass is 10.2. The van der Waals surface area contributed by atoms with E-state index in [-0.39, 0.29) is 0 Å². The van der Waals surface area contributed by atoms with Crippen LogP contribution in [0.1, 0.15) is 13.3 Å². The molecule has 0 saturated carbocycles. The Kier molecular flexibility index (Phi) is 0.810. The second-order valence-electron chi connectivity index (χ2n) is 2.02. The molecule has 0 aromatic rings. The van der Waals surface area contributed by atoms with Gasteiger partial charge in [-0.15, -0.1) is 0 Å². The maximum absolute atomic E-state index is 7.10. The second kappa shape index (κ2) is 1.61. The fourth-order valence-electron chi connectivity index (χ4n) is 0.715. The smallest absolute Gasteiger partial charge is 0.122 e.